The lowest BCUT2D eigenvalue weighted by Crippen LogP contribution is -2.55. The van der Waals surface area contributed by atoms with Crippen LogP contribution in [-0.4, -0.2) is 29.2 Å². The molecular formula is C15H28N2O3. The molecule has 1 rings (SSSR count). The lowest BCUT2D eigenvalue weighted by atomic mass is 9.78. The van der Waals surface area contributed by atoms with Crippen LogP contribution in [0.15, 0.2) is 0 Å². The highest BCUT2D eigenvalue weighted by Gasteiger charge is 2.34. The van der Waals surface area contributed by atoms with E-state index >= 15 is 0 Å². The van der Waals surface area contributed by atoms with Crippen molar-refractivity contribution in [2.75, 3.05) is 0 Å². The molecule has 20 heavy (non-hydrogen) atoms. The minimum absolute atomic E-state index is 0.133. The number of carboxylic acids is 1. The van der Waals surface area contributed by atoms with Gasteiger partial charge in [0.25, 0.3) is 0 Å². The van der Waals surface area contributed by atoms with E-state index in [4.69, 9.17) is 0 Å². The SMILES string of the molecule is CC1CCCC(NC(=O)N[C@@H](C(=O)O)C(C)(C)C)C1C. The van der Waals surface area contributed by atoms with Gasteiger partial charge in [0.05, 0.1) is 0 Å². The maximum absolute atomic E-state index is 12.0. The largest absolute Gasteiger partial charge is 0.480 e. The van der Waals surface area contributed by atoms with Gasteiger partial charge in [-0.2, -0.15) is 0 Å². The van der Waals surface area contributed by atoms with Crippen LogP contribution < -0.4 is 10.6 Å². The van der Waals surface area contributed by atoms with Gasteiger partial charge in [0.15, 0.2) is 0 Å². The smallest absolute Gasteiger partial charge is 0.326 e. The summed E-state index contributed by atoms with van der Waals surface area (Å²) < 4.78 is 0. The molecule has 0 heterocycles. The number of carbonyl (C=O) groups excluding carboxylic acids is 1. The van der Waals surface area contributed by atoms with E-state index in [0.717, 1.165) is 12.8 Å². The normalized spacial score (nSPS) is 28.6. The van der Waals surface area contributed by atoms with Crippen LogP contribution in [0.4, 0.5) is 4.79 Å². The molecule has 0 radical (unpaired) electrons. The van der Waals surface area contributed by atoms with Crippen molar-refractivity contribution in [3.63, 3.8) is 0 Å². The number of hydrogen-bond acceptors (Lipinski definition) is 2. The molecule has 3 N–H and O–H groups in total. The molecule has 1 aliphatic carbocycles. The molecule has 5 nitrogen and oxygen atoms in total. The summed E-state index contributed by atoms with van der Waals surface area (Å²) in [7, 11) is 0. The van der Waals surface area contributed by atoms with E-state index in [-0.39, 0.29) is 12.1 Å². The van der Waals surface area contributed by atoms with Crippen LogP contribution in [0.1, 0.15) is 53.9 Å². The zero-order valence-electron chi connectivity index (χ0n) is 13.2. The van der Waals surface area contributed by atoms with E-state index in [0.29, 0.717) is 11.8 Å². The van der Waals surface area contributed by atoms with Crippen molar-refractivity contribution in [2.24, 2.45) is 17.3 Å². The fraction of sp³-hybridized carbons (Fsp3) is 0.867. The summed E-state index contributed by atoms with van der Waals surface area (Å²) in [4.78, 5) is 23.3. The monoisotopic (exact) mass is 284 g/mol. The standard InChI is InChI=1S/C15H28N2O3/c1-9-7-6-8-11(10(9)2)16-14(20)17-12(13(18)19)15(3,4)5/h9-12H,6-8H2,1-5H3,(H,18,19)(H2,16,17,20)/t9?,10?,11?,12-/m0/s1. The number of carboxylic acid groups (broad SMARTS) is 1. The number of rotatable bonds is 3. The third-order valence-corrected chi connectivity index (χ3v) is 4.41. The van der Waals surface area contributed by atoms with Gasteiger partial charge in [-0.25, -0.2) is 9.59 Å². The second kappa shape index (κ2) is 6.46. The fourth-order valence-corrected chi connectivity index (χ4v) is 2.78. The van der Waals surface area contributed by atoms with Crippen molar-refractivity contribution >= 4 is 12.0 Å². The van der Waals surface area contributed by atoms with Crippen LogP contribution in [0.3, 0.4) is 0 Å². The minimum atomic E-state index is -1.00. The van der Waals surface area contributed by atoms with E-state index in [1.54, 1.807) is 20.8 Å². The maximum atomic E-state index is 12.0. The Hall–Kier alpha value is -1.26. The molecule has 0 aromatic heterocycles. The number of urea groups is 1. The van der Waals surface area contributed by atoms with Gasteiger partial charge in [-0.3, -0.25) is 0 Å². The van der Waals surface area contributed by atoms with E-state index in [2.05, 4.69) is 24.5 Å². The van der Waals surface area contributed by atoms with Crippen LogP contribution >= 0.6 is 0 Å². The molecule has 3 unspecified atom stereocenters. The van der Waals surface area contributed by atoms with Gasteiger partial charge in [0, 0.05) is 6.04 Å². The van der Waals surface area contributed by atoms with Crippen LogP contribution in [0, 0.1) is 17.3 Å². The van der Waals surface area contributed by atoms with E-state index in [1.807, 2.05) is 0 Å². The van der Waals surface area contributed by atoms with Gasteiger partial charge >= 0.3 is 12.0 Å². The Kier molecular flexibility index (Phi) is 5.42. The Morgan fingerprint density at radius 2 is 1.80 bits per heavy atom. The van der Waals surface area contributed by atoms with Crippen molar-refractivity contribution in [1.82, 2.24) is 10.6 Å². The number of amides is 2. The molecule has 0 saturated heterocycles. The van der Waals surface area contributed by atoms with Gasteiger partial charge < -0.3 is 15.7 Å². The topological polar surface area (TPSA) is 78.4 Å². The van der Waals surface area contributed by atoms with Crippen LogP contribution in [-0.2, 0) is 4.79 Å². The summed E-state index contributed by atoms with van der Waals surface area (Å²) >= 11 is 0. The summed E-state index contributed by atoms with van der Waals surface area (Å²) in [5.74, 6) is 0.0112. The van der Waals surface area contributed by atoms with E-state index < -0.39 is 17.4 Å². The van der Waals surface area contributed by atoms with Gasteiger partial charge in [-0.05, 0) is 23.7 Å². The first-order chi connectivity index (χ1) is 9.12. The second-order valence-corrected chi connectivity index (χ2v) is 7.13. The maximum Gasteiger partial charge on any atom is 0.326 e. The van der Waals surface area contributed by atoms with Gasteiger partial charge in [-0.15, -0.1) is 0 Å². The number of aliphatic carboxylic acids is 1. The molecular weight excluding hydrogens is 256 g/mol. The van der Waals surface area contributed by atoms with Crippen molar-refractivity contribution in [3.05, 3.63) is 0 Å². The molecule has 0 aromatic rings. The zero-order chi connectivity index (χ0) is 15.5. The lowest BCUT2D eigenvalue weighted by Gasteiger charge is -2.35. The summed E-state index contributed by atoms with van der Waals surface area (Å²) in [5, 5.41) is 14.7. The van der Waals surface area contributed by atoms with Crippen molar-refractivity contribution in [3.8, 4) is 0 Å². The average Bonchev–Trinajstić information content (AvgIpc) is 2.30. The molecule has 2 amide bonds. The van der Waals surface area contributed by atoms with E-state index in [9.17, 15) is 14.7 Å². The summed E-state index contributed by atoms with van der Waals surface area (Å²) in [6.45, 7) is 9.75. The first kappa shape index (κ1) is 16.8. The Bertz CT molecular complexity index is 363. The summed E-state index contributed by atoms with van der Waals surface area (Å²) in [6.07, 6.45) is 3.27. The quantitative estimate of drug-likeness (QED) is 0.745. The molecule has 4 atom stereocenters. The number of nitrogens with one attached hydrogen (secondary N) is 2. The molecule has 0 aromatic carbocycles. The second-order valence-electron chi connectivity index (χ2n) is 7.13. The fourth-order valence-electron chi connectivity index (χ4n) is 2.78. The zero-order valence-corrected chi connectivity index (χ0v) is 13.2. The average molecular weight is 284 g/mol. The van der Waals surface area contributed by atoms with Crippen LogP contribution in [0.2, 0.25) is 0 Å². The van der Waals surface area contributed by atoms with Gasteiger partial charge in [0.1, 0.15) is 6.04 Å². The third kappa shape index (κ3) is 4.39. The van der Waals surface area contributed by atoms with Crippen LogP contribution in [0.25, 0.3) is 0 Å². The highest BCUT2D eigenvalue weighted by atomic mass is 16.4. The highest BCUT2D eigenvalue weighted by molar-refractivity contribution is 5.83. The summed E-state index contributed by atoms with van der Waals surface area (Å²) in [5.41, 5.74) is -0.519. The van der Waals surface area contributed by atoms with Gasteiger partial charge in [-0.1, -0.05) is 47.5 Å². The third-order valence-electron chi connectivity index (χ3n) is 4.41. The van der Waals surface area contributed by atoms with Crippen molar-refractivity contribution in [1.29, 1.82) is 0 Å². The van der Waals surface area contributed by atoms with Crippen molar-refractivity contribution < 1.29 is 14.7 Å². The molecule has 1 saturated carbocycles. The number of hydrogen-bond donors (Lipinski definition) is 3. The minimum Gasteiger partial charge on any atom is -0.480 e. The molecule has 0 spiro atoms. The molecule has 0 aliphatic heterocycles. The predicted molar refractivity (Wildman–Crippen MR) is 78.5 cm³/mol. The first-order valence-electron chi connectivity index (χ1n) is 7.42. The Labute approximate surface area is 121 Å². The molecule has 1 fully saturated rings. The van der Waals surface area contributed by atoms with Crippen molar-refractivity contribution in [2.45, 2.75) is 66.0 Å². The highest BCUT2D eigenvalue weighted by Crippen LogP contribution is 2.29. The Morgan fingerprint density at radius 1 is 1.20 bits per heavy atom. The van der Waals surface area contributed by atoms with Crippen LogP contribution in [0.5, 0.6) is 0 Å². The Balaban J connectivity index is 2.60. The molecule has 116 valence electrons. The molecule has 0 bridgehead atoms. The number of carbonyl (C=O) groups is 2. The lowest BCUT2D eigenvalue weighted by molar-refractivity contribution is -0.141. The predicted octanol–water partition coefficient (Wildman–Crippen LogP) is 2.61. The molecule has 5 heteroatoms. The first-order valence-corrected chi connectivity index (χ1v) is 7.42. The van der Waals surface area contributed by atoms with Gasteiger partial charge in [0.2, 0.25) is 0 Å². The van der Waals surface area contributed by atoms with E-state index in [1.165, 1.54) is 6.42 Å². The molecule has 1 aliphatic rings. The summed E-state index contributed by atoms with van der Waals surface area (Å²) in [6, 6.07) is -1.13. The Morgan fingerprint density at radius 3 is 2.30 bits per heavy atom.